The summed E-state index contributed by atoms with van der Waals surface area (Å²) in [6.07, 6.45) is 8.36. The number of fused-ring (bicyclic) bond motifs is 5. The van der Waals surface area contributed by atoms with Gasteiger partial charge in [0.1, 0.15) is 0 Å². The SMILES string of the molecule is O=C1[C@@H]2[C@@H](C(=O)N1c1n[nH]c(-c3cccnc3)n1)[C@H]1C=C[C@H]2C1. The molecule has 0 aromatic carbocycles. The van der Waals surface area contributed by atoms with Gasteiger partial charge in [0.05, 0.1) is 11.8 Å². The van der Waals surface area contributed by atoms with Gasteiger partial charge in [0, 0.05) is 18.0 Å². The van der Waals surface area contributed by atoms with Gasteiger partial charge in [0.25, 0.3) is 5.95 Å². The summed E-state index contributed by atoms with van der Waals surface area (Å²) in [7, 11) is 0. The Balaban J connectivity index is 1.51. The molecule has 5 rings (SSSR count). The van der Waals surface area contributed by atoms with Crippen molar-refractivity contribution in [3.05, 3.63) is 36.7 Å². The fourth-order valence-electron chi connectivity index (χ4n) is 4.08. The number of rotatable bonds is 2. The first-order valence-corrected chi connectivity index (χ1v) is 7.63. The molecule has 2 bridgehead atoms. The largest absolute Gasteiger partial charge is 0.274 e. The molecule has 0 spiro atoms. The number of hydrogen-bond acceptors (Lipinski definition) is 5. The van der Waals surface area contributed by atoms with Crippen molar-refractivity contribution in [1.29, 1.82) is 0 Å². The van der Waals surface area contributed by atoms with Gasteiger partial charge in [-0.2, -0.15) is 4.98 Å². The Morgan fingerprint density at radius 1 is 1.13 bits per heavy atom. The van der Waals surface area contributed by atoms with Gasteiger partial charge >= 0.3 is 0 Å². The standard InChI is InChI=1S/C16H13N5O2/c22-14-11-8-3-4-9(6-8)12(11)15(23)21(14)16-18-13(19-20-16)10-2-1-5-17-7-10/h1-5,7-9,11-12H,6H2,(H,18,19,20)/t8-,9-,11-,12-/m0/s1. The number of pyridine rings is 1. The molecule has 2 aromatic heterocycles. The summed E-state index contributed by atoms with van der Waals surface area (Å²) in [5.41, 5.74) is 0.757. The first-order valence-electron chi connectivity index (χ1n) is 7.63. The molecule has 1 aliphatic heterocycles. The number of nitrogens with zero attached hydrogens (tertiary/aromatic N) is 4. The van der Waals surface area contributed by atoms with Crippen molar-refractivity contribution in [3.63, 3.8) is 0 Å². The minimum Gasteiger partial charge on any atom is -0.274 e. The number of aromatic amines is 1. The molecule has 3 aliphatic rings. The van der Waals surface area contributed by atoms with Crippen molar-refractivity contribution < 1.29 is 9.59 Å². The lowest BCUT2D eigenvalue weighted by Crippen LogP contribution is -2.33. The molecule has 7 nitrogen and oxygen atoms in total. The average molecular weight is 307 g/mol. The van der Waals surface area contributed by atoms with Gasteiger partial charge in [-0.1, -0.05) is 12.2 Å². The molecule has 2 aromatic rings. The Labute approximate surface area is 131 Å². The first kappa shape index (κ1) is 12.7. The van der Waals surface area contributed by atoms with E-state index in [9.17, 15) is 9.59 Å². The predicted molar refractivity (Wildman–Crippen MR) is 79.8 cm³/mol. The summed E-state index contributed by atoms with van der Waals surface area (Å²) in [6, 6.07) is 3.63. The van der Waals surface area contributed by atoms with Crippen LogP contribution in [0.5, 0.6) is 0 Å². The van der Waals surface area contributed by atoms with Gasteiger partial charge in [-0.05, 0) is 30.4 Å². The second-order valence-electron chi connectivity index (χ2n) is 6.24. The number of anilines is 1. The van der Waals surface area contributed by atoms with Crippen LogP contribution in [0.15, 0.2) is 36.7 Å². The quantitative estimate of drug-likeness (QED) is 0.664. The van der Waals surface area contributed by atoms with Crippen LogP contribution in [0.3, 0.4) is 0 Å². The van der Waals surface area contributed by atoms with Crippen LogP contribution in [-0.2, 0) is 9.59 Å². The van der Waals surface area contributed by atoms with Crippen molar-refractivity contribution in [2.24, 2.45) is 23.7 Å². The van der Waals surface area contributed by atoms with Crippen molar-refractivity contribution in [1.82, 2.24) is 20.2 Å². The number of imide groups is 1. The zero-order chi connectivity index (χ0) is 15.6. The first-order chi connectivity index (χ1) is 11.2. The Bertz CT molecular complexity index is 813. The van der Waals surface area contributed by atoms with Gasteiger partial charge < -0.3 is 0 Å². The van der Waals surface area contributed by atoms with E-state index in [4.69, 9.17) is 0 Å². The van der Waals surface area contributed by atoms with Crippen LogP contribution < -0.4 is 4.90 Å². The lowest BCUT2D eigenvalue weighted by Gasteiger charge is -2.14. The molecule has 2 aliphatic carbocycles. The number of amides is 2. The molecule has 2 amide bonds. The Morgan fingerprint density at radius 2 is 1.87 bits per heavy atom. The molecule has 1 N–H and O–H groups in total. The van der Waals surface area contributed by atoms with Crippen LogP contribution in [0.25, 0.3) is 11.4 Å². The summed E-state index contributed by atoms with van der Waals surface area (Å²) < 4.78 is 0. The normalized spacial score (nSPS) is 31.2. The summed E-state index contributed by atoms with van der Waals surface area (Å²) in [4.78, 5) is 34.9. The van der Waals surface area contributed by atoms with Gasteiger partial charge in [-0.15, -0.1) is 5.10 Å². The molecule has 114 valence electrons. The van der Waals surface area contributed by atoms with E-state index < -0.39 is 0 Å². The smallest absolute Gasteiger partial charge is 0.258 e. The molecule has 1 saturated heterocycles. The van der Waals surface area contributed by atoms with Crippen LogP contribution in [-0.4, -0.2) is 32.0 Å². The Morgan fingerprint density at radius 3 is 2.52 bits per heavy atom. The molecule has 23 heavy (non-hydrogen) atoms. The van der Waals surface area contributed by atoms with Crippen LogP contribution in [0, 0.1) is 23.7 Å². The van der Waals surface area contributed by atoms with Crippen molar-refractivity contribution >= 4 is 17.8 Å². The van der Waals surface area contributed by atoms with E-state index in [0.29, 0.717) is 5.82 Å². The predicted octanol–water partition coefficient (Wildman–Crippen LogP) is 1.18. The Kier molecular flexibility index (Phi) is 2.40. The Hall–Kier alpha value is -2.83. The number of carbonyl (C=O) groups excluding carboxylic acids is 2. The molecule has 0 radical (unpaired) electrons. The van der Waals surface area contributed by atoms with Crippen molar-refractivity contribution in [3.8, 4) is 11.4 Å². The van der Waals surface area contributed by atoms with E-state index in [0.717, 1.165) is 16.9 Å². The highest BCUT2D eigenvalue weighted by molar-refractivity contribution is 6.21. The number of carbonyl (C=O) groups is 2. The molecule has 2 fully saturated rings. The minimum atomic E-state index is -0.238. The topological polar surface area (TPSA) is 91.8 Å². The molecular formula is C16H13N5O2. The van der Waals surface area contributed by atoms with E-state index in [-0.39, 0.29) is 41.4 Å². The summed E-state index contributed by atoms with van der Waals surface area (Å²) in [5, 5.41) is 6.85. The number of aromatic nitrogens is 4. The maximum Gasteiger partial charge on any atom is 0.258 e. The minimum absolute atomic E-state index is 0.132. The zero-order valence-electron chi connectivity index (χ0n) is 12.1. The highest BCUT2D eigenvalue weighted by Crippen LogP contribution is 2.52. The fraction of sp³-hybridized carbons (Fsp3) is 0.312. The van der Waals surface area contributed by atoms with Gasteiger partial charge in [-0.3, -0.25) is 19.7 Å². The molecule has 4 atom stereocenters. The number of H-pyrrole nitrogens is 1. The maximum absolute atomic E-state index is 12.7. The fourth-order valence-corrected chi connectivity index (χ4v) is 4.08. The third-order valence-electron chi connectivity index (χ3n) is 5.08. The third-order valence-corrected chi connectivity index (χ3v) is 5.08. The summed E-state index contributed by atoms with van der Waals surface area (Å²) in [5.74, 6) is 0.170. The lowest BCUT2D eigenvalue weighted by atomic mass is 9.85. The van der Waals surface area contributed by atoms with Crippen molar-refractivity contribution in [2.45, 2.75) is 6.42 Å². The summed E-state index contributed by atoms with van der Waals surface area (Å²) in [6.45, 7) is 0. The van der Waals surface area contributed by atoms with Gasteiger partial charge in [-0.25, -0.2) is 4.90 Å². The zero-order valence-corrected chi connectivity index (χ0v) is 12.1. The van der Waals surface area contributed by atoms with Crippen molar-refractivity contribution in [2.75, 3.05) is 4.90 Å². The highest BCUT2D eigenvalue weighted by atomic mass is 16.2. The van der Waals surface area contributed by atoms with E-state index >= 15 is 0 Å². The van der Waals surface area contributed by atoms with Crippen LogP contribution >= 0.6 is 0 Å². The number of allylic oxidation sites excluding steroid dienone is 2. The monoisotopic (exact) mass is 307 g/mol. The van der Waals surface area contributed by atoms with E-state index in [1.807, 2.05) is 6.07 Å². The second-order valence-corrected chi connectivity index (χ2v) is 6.24. The highest BCUT2D eigenvalue weighted by Gasteiger charge is 2.60. The van der Waals surface area contributed by atoms with E-state index in [2.05, 4.69) is 32.3 Å². The summed E-state index contributed by atoms with van der Waals surface area (Å²) >= 11 is 0. The molecule has 7 heteroatoms. The number of hydrogen-bond donors (Lipinski definition) is 1. The molecular weight excluding hydrogens is 294 g/mol. The van der Waals surface area contributed by atoms with E-state index in [1.165, 1.54) is 0 Å². The van der Waals surface area contributed by atoms with Crippen LogP contribution in [0.2, 0.25) is 0 Å². The van der Waals surface area contributed by atoms with Gasteiger partial charge in [0.15, 0.2) is 5.82 Å². The van der Waals surface area contributed by atoms with Crippen LogP contribution in [0.4, 0.5) is 5.95 Å². The third kappa shape index (κ3) is 1.61. The molecule has 3 heterocycles. The van der Waals surface area contributed by atoms with Gasteiger partial charge in [0.2, 0.25) is 11.8 Å². The lowest BCUT2D eigenvalue weighted by molar-refractivity contribution is -0.123. The second kappa shape index (κ2) is 4.34. The molecule has 0 unspecified atom stereocenters. The average Bonchev–Trinajstić information content (AvgIpc) is 3.33. The molecule has 1 saturated carbocycles. The van der Waals surface area contributed by atoms with E-state index in [1.54, 1.807) is 18.5 Å². The van der Waals surface area contributed by atoms with Crippen LogP contribution in [0.1, 0.15) is 6.42 Å². The maximum atomic E-state index is 12.7. The number of nitrogens with one attached hydrogen (secondary N) is 1.